The number of pyridine rings is 1. The van der Waals surface area contributed by atoms with Crippen molar-refractivity contribution in [3.8, 4) is 5.75 Å². The first-order valence-corrected chi connectivity index (χ1v) is 8.57. The van der Waals surface area contributed by atoms with Gasteiger partial charge in [-0.1, -0.05) is 12.1 Å². The van der Waals surface area contributed by atoms with Crippen molar-refractivity contribution < 1.29 is 9.53 Å². The van der Waals surface area contributed by atoms with Gasteiger partial charge in [-0.25, -0.2) is 4.98 Å². The quantitative estimate of drug-likeness (QED) is 0.689. The van der Waals surface area contributed by atoms with Crippen molar-refractivity contribution in [2.75, 3.05) is 13.1 Å². The second-order valence-corrected chi connectivity index (χ2v) is 6.00. The van der Waals surface area contributed by atoms with Crippen molar-refractivity contribution in [1.29, 1.82) is 0 Å². The summed E-state index contributed by atoms with van der Waals surface area (Å²) >= 11 is 0. The topological polar surface area (TPSA) is 46.8 Å². The van der Waals surface area contributed by atoms with E-state index in [-0.39, 0.29) is 5.91 Å². The highest BCUT2D eigenvalue weighted by molar-refractivity contribution is 5.94. The summed E-state index contributed by atoms with van der Waals surface area (Å²) in [7, 11) is 0. The summed E-state index contributed by atoms with van der Waals surface area (Å²) in [5.74, 6) is 0.699. The fourth-order valence-corrected chi connectivity index (χ4v) is 2.79. The van der Waals surface area contributed by atoms with Crippen LogP contribution in [0.5, 0.6) is 5.75 Å². The van der Waals surface area contributed by atoms with Crippen LogP contribution in [-0.4, -0.2) is 33.3 Å². The summed E-state index contributed by atoms with van der Waals surface area (Å²) in [6.45, 7) is 7.76. The van der Waals surface area contributed by atoms with Crippen LogP contribution in [0, 0.1) is 6.92 Å². The molecule has 0 bridgehead atoms. The second-order valence-electron chi connectivity index (χ2n) is 6.00. The first-order chi connectivity index (χ1) is 12.1. The minimum Gasteiger partial charge on any atom is -0.487 e. The van der Waals surface area contributed by atoms with Gasteiger partial charge >= 0.3 is 0 Å². The number of carbonyl (C=O) groups excluding carboxylic acids is 1. The van der Waals surface area contributed by atoms with Crippen molar-refractivity contribution in [2.45, 2.75) is 27.4 Å². The van der Waals surface area contributed by atoms with Gasteiger partial charge in [-0.3, -0.25) is 4.79 Å². The van der Waals surface area contributed by atoms with E-state index < -0.39 is 0 Å². The number of ether oxygens (including phenoxy) is 1. The van der Waals surface area contributed by atoms with Gasteiger partial charge in [-0.05, 0) is 50.6 Å². The summed E-state index contributed by atoms with van der Waals surface area (Å²) < 4.78 is 7.84. The van der Waals surface area contributed by atoms with Gasteiger partial charge in [-0.2, -0.15) is 0 Å². The van der Waals surface area contributed by atoms with Crippen LogP contribution in [0.15, 0.2) is 48.8 Å². The number of amides is 1. The molecule has 0 spiro atoms. The Morgan fingerprint density at radius 2 is 1.96 bits per heavy atom. The number of carbonyl (C=O) groups is 1. The molecule has 0 saturated heterocycles. The van der Waals surface area contributed by atoms with E-state index in [1.165, 1.54) is 5.56 Å². The van der Waals surface area contributed by atoms with Gasteiger partial charge in [0.2, 0.25) is 0 Å². The number of hydrogen-bond acceptors (Lipinski definition) is 3. The van der Waals surface area contributed by atoms with Crippen molar-refractivity contribution >= 4 is 11.6 Å². The lowest BCUT2D eigenvalue weighted by molar-refractivity contribution is 0.0772. The molecule has 0 radical (unpaired) electrons. The van der Waals surface area contributed by atoms with Crippen LogP contribution in [0.3, 0.4) is 0 Å². The number of fused-ring (bicyclic) bond motifs is 1. The fraction of sp³-hybridized carbons (Fsp3) is 0.300. The molecule has 2 heterocycles. The summed E-state index contributed by atoms with van der Waals surface area (Å²) in [4.78, 5) is 18.8. The molecule has 3 rings (SSSR count). The highest BCUT2D eigenvalue weighted by Gasteiger charge is 2.13. The number of hydrogen-bond donors (Lipinski definition) is 0. The minimum atomic E-state index is 0.0265. The molecule has 1 amide bonds. The zero-order valence-electron chi connectivity index (χ0n) is 14.9. The third-order valence-electron chi connectivity index (χ3n) is 4.17. The molecule has 130 valence electrons. The molecule has 1 aromatic carbocycles. The Labute approximate surface area is 147 Å². The van der Waals surface area contributed by atoms with Crippen molar-refractivity contribution in [3.63, 3.8) is 0 Å². The van der Waals surface area contributed by atoms with E-state index in [1.54, 1.807) is 11.0 Å². The molecule has 0 aliphatic heterocycles. The monoisotopic (exact) mass is 337 g/mol. The van der Waals surface area contributed by atoms with Crippen molar-refractivity contribution in [3.05, 3.63) is 65.6 Å². The maximum absolute atomic E-state index is 12.4. The molecule has 5 nitrogen and oxygen atoms in total. The largest absolute Gasteiger partial charge is 0.487 e. The smallest absolute Gasteiger partial charge is 0.253 e. The summed E-state index contributed by atoms with van der Waals surface area (Å²) in [6, 6.07) is 11.3. The molecule has 2 aromatic heterocycles. The van der Waals surface area contributed by atoms with E-state index in [1.807, 2.05) is 67.9 Å². The summed E-state index contributed by atoms with van der Waals surface area (Å²) in [5.41, 5.74) is 3.58. The number of aryl methyl sites for hydroxylation is 1. The van der Waals surface area contributed by atoms with Crippen LogP contribution in [0.25, 0.3) is 5.65 Å². The van der Waals surface area contributed by atoms with Gasteiger partial charge in [0, 0.05) is 31.0 Å². The molecule has 0 aliphatic carbocycles. The Morgan fingerprint density at radius 1 is 1.16 bits per heavy atom. The van der Waals surface area contributed by atoms with Crippen LogP contribution in [0.1, 0.15) is 35.5 Å². The minimum absolute atomic E-state index is 0.0265. The highest BCUT2D eigenvalue weighted by atomic mass is 16.5. The molecule has 3 aromatic rings. The third-order valence-corrected chi connectivity index (χ3v) is 4.17. The van der Waals surface area contributed by atoms with Gasteiger partial charge < -0.3 is 14.0 Å². The van der Waals surface area contributed by atoms with Crippen LogP contribution >= 0.6 is 0 Å². The number of benzene rings is 1. The molecule has 0 aliphatic rings. The highest BCUT2D eigenvalue weighted by Crippen LogP contribution is 2.17. The Hall–Kier alpha value is -2.82. The molecular weight excluding hydrogens is 314 g/mol. The van der Waals surface area contributed by atoms with Gasteiger partial charge in [0.05, 0.1) is 5.69 Å². The maximum Gasteiger partial charge on any atom is 0.253 e. The van der Waals surface area contributed by atoms with Crippen LogP contribution in [0.4, 0.5) is 0 Å². The van der Waals surface area contributed by atoms with E-state index in [9.17, 15) is 4.79 Å². The first-order valence-electron chi connectivity index (χ1n) is 8.57. The lowest BCUT2D eigenvalue weighted by Crippen LogP contribution is -2.30. The van der Waals surface area contributed by atoms with E-state index in [2.05, 4.69) is 4.98 Å². The third kappa shape index (κ3) is 3.82. The second kappa shape index (κ2) is 7.38. The van der Waals surface area contributed by atoms with Crippen molar-refractivity contribution in [1.82, 2.24) is 14.3 Å². The van der Waals surface area contributed by atoms with E-state index in [4.69, 9.17) is 4.74 Å². The van der Waals surface area contributed by atoms with Gasteiger partial charge in [0.1, 0.15) is 18.0 Å². The predicted octanol–water partition coefficient (Wildman–Crippen LogP) is 3.70. The average Bonchev–Trinajstić information content (AvgIpc) is 3.03. The molecule has 0 fully saturated rings. The molecule has 0 saturated carbocycles. The standard InChI is InChI=1S/C20H23N3O2/c1-4-22(5-2)20(24)16-7-6-8-18(11-16)25-14-17-13-23-12-15(3)9-10-19(23)21-17/h6-13H,4-5,14H2,1-3H3. The molecule has 0 N–H and O–H groups in total. The molecule has 0 atom stereocenters. The molecule has 0 unspecified atom stereocenters. The Kier molecular flexibility index (Phi) is 5.03. The lowest BCUT2D eigenvalue weighted by Gasteiger charge is -2.18. The van der Waals surface area contributed by atoms with Crippen LogP contribution in [-0.2, 0) is 6.61 Å². The summed E-state index contributed by atoms with van der Waals surface area (Å²) in [6.07, 6.45) is 4.00. The van der Waals surface area contributed by atoms with E-state index in [0.29, 0.717) is 31.0 Å². The Bertz CT molecular complexity index is 882. The first kappa shape index (κ1) is 17.0. The molecule has 25 heavy (non-hydrogen) atoms. The zero-order chi connectivity index (χ0) is 17.8. The zero-order valence-corrected chi connectivity index (χ0v) is 14.9. The molecule has 5 heteroatoms. The number of imidazole rings is 1. The summed E-state index contributed by atoms with van der Waals surface area (Å²) in [5, 5.41) is 0. The van der Waals surface area contributed by atoms with E-state index in [0.717, 1.165) is 11.3 Å². The van der Waals surface area contributed by atoms with E-state index >= 15 is 0 Å². The van der Waals surface area contributed by atoms with Gasteiger partial charge in [-0.15, -0.1) is 0 Å². The average molecular weight is 337 g/mol. The Morgan fingerprint density at radius 3 is 2.72 bits per heavy atom. The van der Waals surface area contributed by atoms with Crippen LogP contribution in [0.2, 0.25) is 0 Å². The number of aromatic nitrogens is 2. The maximum atomic E-state index is 12.4. The van der Waals surface area contributed by atoms with Crippen LogP contribution < -0.4 is 4.74 Å². The van der Waals surface area contributed by atoms with Gasteiger partial charge in [0.25, 0.3) is 5.91 Å². The SMILES string of the molecule is CCN(CC)C(=O)c1cccc(OCc2cn3cc(C)ccc3n2)c1. The molecular formula is C20H23N3O2. The van der Waals surface area contributed by atoms with Gasteiger partial charge in [0.15, 0.2) is 0 Å². The van der Waals surface area contributed by atoms with Crippen molar-refractivity contribution in [2.24, 2.45) is 0 Å². The fourth-order valence-electron chi connectivity index (χ4n) is 2.79. The predicted molar refractivity (Wildman–Crippen MR) is 98.0 cm³/mol. The normalized spacial score (nSPS) is 10.8. The number of nitrogens with zero attached hydrogens (tertiary/aromatic N) is 3. The lowest BCUT2D eigenvalue weighted by atomic mass is 10.2. The Balaban J connectivity index is 1.72. The number of rotatable bonds is 6.